The van der Waals surface area contributed by atoms with Crippen molar-refractivity contribution in [3.05, 3.63) is 0 Å². The zero-order valence-electron chi connectivity index (χ0n) is 3.85. The van der Waals surface area contributed by atoms with Crippen LogP contribution in [0.1, 0.15) is 13.3 Å². The highest BCUT2D eigenvalue weighted by Gasteiger charge is 2.31. The third kappa shape index (κ3) is 0.445. The van der Waals surface area contributed by atoms with Crippen molar-refractivity contribution in [2.24, 2.45) is 11.8 Å². The van der Waals surface area contributed by atoms with Crippen molar-refractivity contribution >= 4 is 6.29 Å². The lowest BCUT2D eigenvalue weighted by Crippen LogP contribution is -1.73. The van der Waals surface area contributed by atoms with Crippen LogP contribution in [0.5, 0.6) is 0 Å². The summed E-state index contributed by atoms with van der Waals surface area (Å²) in [4.78, 5) is 9.78. The molecule has 0 bridgehead atoms. The zero-order valence-corrected chi connectivity index (χ0v) is 3.85. The van der Waals surface area contributed by atoms with Crippen LogP contribution in [0.3, 0.4) is 0 Å². The molecule has 0 amide bonds. The first-order valence-electron chi connectivity index (χ1n) is 2.30. The van der Waals surface area contributed by atoms with Crippen molar-refractivity contribution in [3.8, 4) is 0 Å². The number of aldehydes is 1. The zero-order chi connectivity index (χ0) is 4.57. The van der Waals surface area contributed by atoms with Crippen molar-refractivity contribution in [1.29, 1.82) is 0 Å². The first kappa shape index (κ1) is 3.85. The monoisotopic (exact) mass is 84.1 g/mol. The minimum Gasteiger partial charge on any atom is -0.303 e. The van der Waals surface area contributed by atoms with Gasteiger partial charge in [0.25, 0.3) is 0 Å². The largest absolute Gasteiger partial charge is 0.303 e. The minimum absolute atomic E-state index is 0.421. The van der Waals surface area contributed by atoms with E-state index >= 15 is 0 Å². The van der Waals surface area contributed by atoms with Gasteiger partial charge in [-0.2, -0.15) is 0 Å². The van der Waals surface area contributed by atoms with E-state index in [1.165, 1.54) is 0 Å². The minimum atomic E-state index is 0.421. The van der Waals surface area contributed by atoms with Crippen LogP contribution in [0.25, 0.3) is 0 Å². The van der Waals surface area contributed by atoms with Crippen LogP contribution in [0.15, 0.2) is 0 Å². The van der Waals surface area contributed by atoms with Crippen LogP contribution in [-0.4, -0.2) is 6.29 Å². The molecule has 1 rings (SSSR count). The van der Waals surface area contributed by atoms with E-state index in [0.29, 0.717) is 11.8 Å². The Morgan fingerprint density at radius 2 is 2.33 bits per heavy atom. The first-order valence-corrected chi connectivity index (χ1v) is 2.30. The number of hydrogen-bond acceptors (Lipinski definition) is 1. The molecule has 0 aliphatic heterocycles. The van der Waals surface area contributed by atoms with E-state index in [2.05, 4.69) is 6.92 Å². The fourth-order valence-corrected chi connectivity index (χ4v) is 0.540. The molecule has 1 heteroatoms. The van der Waals surface area contributed by atoms with Crippen LogP contribution in [0.4, 0.5) is 0 Å². The average Bonchev–Trinajstić information content (AvgIpc) is 2.19. The molecule has 0 N–H and O–H groups in total. The van der Waals surface area contributed by atoms with Gasteiger partial charge >= 0.3 is 0 Å². The summed E-state index contributed by atoms with van der Waals surface area (Å²) >= 11 is 0. The molecule has 0 heterocycles. The van der Waals surface area contributed by atoms with E-state index in [9.17, 15) is 4.79 Å². The number of carbonyl (C=O) groups is 1. The second-order valence-electron chi connectivity index (χ2n) is 2.01. The summed E-state index contributed by atoms with van der Waals surface area (Å²) in [7, 11) is 0. The van der Waals surface area contributed by atoms with Crippen LogP contribution in [0, 0.1) is 11.8 Å². The molecule has 0 spiro atoms. The first-order chi connectivity index (χ1) is 2.84. The Kier molecular flexibility index (Phi) is 0.685. The van der Waals surface area contributed by atoms with E-state index in [4.69, 9.17) is 0 Å². The van der Waals surface area contributed by atoms with Crippen molar-refractivity contribution in [2.45, 2.75) is 13.3 Å². The van der Waals surface area contributed by atoms with Gasteiger partial charge in [-0.25, -0.2) is 0 Å². The van der Waals surface area contributed by atoms with Gasteiger partial charge in [0.05, 0.1) is 0 Å². The third-order valence-electron chi connectivity index (χ3n) is 1.35. The van der Waals surface area contributed by atoms with Gasteiger partial charge in [0, 0.05) is 5.92 Å². The highest BCUT2D eigenvalue weighted by Crippen LogP contribution is 2.34. The van der Waals surface area contributed by atoms with Gasteiger partial charge < -0.3 is 4.79 Å². The number of rotatable bonds is 1. The van der Waals surface area contributed by atoms with Gasteiger partial charge in [0.1, 0.15) is 6.29 Å². The molecule has 1 fully saturated rings. The average molecular weight is 84.1 g/mol. The summed E-state index contributed by atoms with van der Waals surface area (Å²) in [6.45, 7) is 2.10. The van der Waals surface area contributed by atoms with Crippen LogP contribution in [-0.2, 0) is 4.79 Å². The predicted molar refractivity (Wildman–Crippen MR) is 23.3 cm³/mol. The molecule has 1 saturated carbocycles. The van der Waals surface area contributed by atoms with Gasteiger partial charge in [-0.1, -0.05) is 6.92 Å². The summed E-state index contributed by atoms with van der Waals surface area (Å²) in [5.74, 6) is 1.12. The molecular weight excluding hydrogens is 76.1 g/mol. The molecule has 1 unspecified atom stereocenters. The van der Waals surface area contributed by atoms with Gasteiger partial charge in [0.15, 0.2) is 0 Å². The Hall–Kier alpha value is -0.330. The quantitative estimate of drug-likeness (QED) is 0.430. The molecule has 0 aromatic rings. The van der Waals surface area contributed by atoms with E-state index in [1.807, 2.05) is 0 Å². The smallest absolute Gasteiger partial charge is 0.123 e. The Balaban J connectivity index is 2.25. The maximum Gasteiger partial charge on any atom is 0.123 e. The molecule has 6 heavy (non-hydrogen) atoms. The van der Waals surface area contributed by atoms with Crippen LogP contribution in [0.2, 0.25) is 0 Å². The predicted octanol–water partition coefficient (Wildman–Crippen LogP) is 0.841. The Morgan fingerprint density at radius 1 is 1.83 bits per heavy atom. The topological polar surface area (TPSA) is 17.1 Å². The van der Waals surface area contributed by atoms with Gasteiger partial charge in [-0.15, -0.1) is 0 Å². The summed E-state index contributed by atoms with van der Waals surface area (Å²) in [6.07, 6.45) is 2.17. The number of carbonyl (C=O) groups excluding carboxylic acids is 1. The molecular formula is C5H8O. The fraction of sp³-hybridized carbons (Fsp3) is 0.800. The van der Waals surface area contributed by atoms with E-state index in [-0.39, 0.29) is 0 Å². The third-order valence-corrected chi connectivity index (χ3v) is 1.35. The van der Waals surface area contributed by atoms with E-state index < -0.39 is 0 Å². The van der Waals surface area contributed by atoms with Gasteiger partial charge in [0.2, 0.25) is 0 Å². The molecule has 0 aromatic heterocycles. The maximum atomic E-state index is 9.78. The lowest BCUT2D eigenvalue weighted by Gasteiger charge is -1.67. The Labute approximate surface area is 37.4 Å². The summed E-state index contributed by atoms with van der Waals surface area (Å²) in [5, 5.41) is 0. The molecule has 34 valence electrons. The lowest BCUT2D eigenvalue weighted by atomic mass is 10.4. The Bertz CT molecular complexity index is 68.3. The van der Waals surface area contributed by atoms with Crippen LogP contribution >= 0.6 is 0 Å². The summed E-state index contributed by atoms with van der Waals surface area (Å²) in [6, 6.07) is 0. The molecule has 1 nitrogen and oxygen atoms in total. The highest BCUT2D eigenvalue weighted by atomic mass is 16.1. The molecule has 0 aromatic carbocycles. The Morgan fingerprint density at radius 3 is 2.33 bits per heavy atom. The number of hydrogen-bond donors (Lipinski definition) is 0. The molecule has 0 radical (unpaired) electrons. The van der Waals surface area contributed by atoms with E-state index in [1.54, 1.807) is 0 Å². The fourth-order valence-electron chi connectivity index (χ4n) is 0.540. The van der Waals surface area contributed by atoms with Crippen molar-refractivity contribution in [3.63, 3.8) is 0 Å². The molecule has 2 atom stereocenters. The lowest BCUT2D eigenvalue weighted by molar-refractivity contribution is -0.109. The standard InChI is InChI=1S/C5H8O/c1-4-2-5(4)3-6/h3-5H,2H2,1H3/t4?,5-/m1/s1. The molecule has 1 aliphatic carbocycles. The van der Waals surface area contributed by atoms with Crippen molar-refractivity contribution in [1.82, 2.24) is 0 Å². The van der Waals surface area contributed by atoms with Crippen LogP contribution < -0.4 is 0 Å². The van der Waals surface area contributed by atoms with E-state index in [0.717, 1.165) is 12.7 Å². The van der Waals surface area contributed by atoms with Crippen molar-refractivity contribution in [2.75, 3.05) is 0 Å². The molecule has 1 aliphatic rings. The maximum absolute atomic E-state index is 9.78. The highest BCUT2D eigenvalue weighted by molar-refractivity contribution is 5.57. The van der Waals surface area contributed by atoms with Gasteiger partial charge in [-0.05, 0) is 12.3 Å². The van der Waals surface area contributed by atoms with Gasteiger partial charge in [-0.3, -0.25) is 0 Å². The summed E-state index contributed by atoms with van der Waals surface area (Å²) < 4.78 is 0. The van der Waals surface area contributed by atoms with Crippen molar-refractivity contribution < 1.29 is 4.79 Å². The normalized spacial score (nSPS) is 42.2. The second-order valence-corrected chi connectivity index (χ2v) is 2.01. The summed E-state index contributed by atoms with van der Waals surface area (Å²) in [5.41, 5.74) is 0. The second kappa shape index (κ2) is 1.07. The molecule has 0 saturated heterocycles. The SMILES string of the molecule is CC1C[C@@H]1C=O.